The Kier molecular flexibility index (Phi) is 6.34. The fraction of sp³-hybridized carbons (Fsp3) is 0.474. The SMILES string of the molecule is CC(C)(C)C1CCc2c(sc(=N)n2CC(=O)c2ccc(Cl)cc2)C1.[Br-]. The second kappa shape index (κ2) is 7.77. The number of rotatable bonds is 3. The van der Waals surface area contributed by atoms with Gasteiger partial charge in [0.1, 0.15) is 0 Å². The lowest BCUT2D eigenvalue weighted by molar-refractivity contribution is -0.0000135. The summed E-state index contributed by atoms with van der Waals surface area (Å²) in [6.07, 6.45) is 3.11. The first-order valence-corrected chi connectivity index (χ1v) is 9.50. The van der Waals surface area contributed by atoms with E-state index < -0.39 is 0 Å². The second-order valence-corrected chi connectivity index (χ2v) is 9.12. The average Bonchev–Trinajstić information content (AvgIpc) is 2.82. The van der Waals surface area contributed by atoms with Crippen molar-refractivity contribution in [3.63, 3.8) is 0 Å². The zero-order chi connectivity index (χ0) is 17.5. The number of carbonyl (C=O) groups is 1. The number of aromatic nitrogens is 1. The predicted molar refractivity (Wildman–Crippen MR) is 98.9 cm³/mol. The molecular weight excluding hydrogens is 420 g/mol. The van der Waals surface area contributed by atoms with Crippen LogP contribution >= 0.6 is 22.9 Å². The molecule has 1 heterocycles. The van der Waals surface area contributed by atoms with Crippen LogP contribution in [0.2, 0.25) is 5.02 Å². The van der Waals surface area contributed by atoms with Crippen molar-refractivity contribution in [3.8, 4) is 0 Å². The highest BCUT2D eigenvalue weighted by molar-refractivity contribution is 7.09. The summed E-state index contributed by atoms with van der Waals surface area (Å²) in [5.74, 6) is 0.673. The number of hydrogen-bond acceptors (Lipinski definition) is 3. The first kappa shape index (κ1) is 20.4. The second-order valence-electron chi connectivity index (χ2n) is 7.60. The molecular formula is C19H23BrClN2OS-. The van der Waals surface area contributed by atoms with Crippen molar-refractivity contribution in [2.24, 2.45) is 11.3 Å². The van der Waals surface area contributed by atoms with Gasteiger partial charge in [0.05, 0.1) is 6.54 Å². The highest BCUT2D eigenvalue weighted by Gasteiger charge is 2.31. The van der Waals surface area contributed by atoms with E-state index in [0.717, 1.165) is 19.3 Å². The Morgan fingerprint density at radius 3 is 2.56 bits per heavy atom. The van der Waals surface area contributed by atoms with Crippen molar-refractivity contribution < 1.29 is 21.8 Å². The van der Waals surface area contributed by atoms with Gasteiger partial charge in [0.25, 0.3) is 0 Å². The molecule has 0 radical (unpaired) electrons. The highest BCUT2D eigenvalue weighted by Crippen LogP contribution is 2.38. The maximum atomic E-state index is 12.5. The molecule has 0 bridgehead atoms. The van der Waals surface area contributed by atoms with Gasteiger partial charge < -0.3 is 21.5 Å². The number of halogens is 2. The Hall–Kier alpha value is -0.910. The number of Topliss-reactive ketones (excluding diaryl/α,β-unsaturated/α-hetero) is 1. The van der Waals surface area contributed by atoms with E-state index >= 15 is 0 Å². The zero-order valence-electron chi connectivity index (χ0n) is 14.7. The van der Waals surface area contributed by atoms with E-state index in [1.54, 1.807) is 24.3 Å². The van der Waals surface area contributed by atoms with Crippen LogP contribution < -0.4 is 21.8 Å². The smallest absolute Gasteiger partial charge is 0.182 e. The molecule has 6 heteroatoms. The van der Waals surface area contributed by atoms with Crippen LogP contribution in [0, 0.1) is 16.7 Å². The van der Waals surface area contributed by atoms with Gasteiger partial charge in [0.15, 0.2) is 10.6 Å². The van der Waals surface area contributed by atoms with Gasteiger partial charge in [0, 0.05) is 21.2 Å². The molecule has 1 aromatic carbocycles. The molecule has 0 aliphatic heterocycles. The summed E-state index contributed by atoms with van der Waals surface area (Å²) in [5.41, 5.74) is 2.12. The zero-order valence-corrected chi connectivity index (χ0v) is 17.9. The lowest BCUT2D eigenvalue weighted by Crippen LogP contribution is -3.00. The minimum Gasteiger partial charge on any atom is -1.00 e. The quantitative estimate of drug-likeness (QED) is 0.723. The van der Waals surface area contributed by atoms with Gasteiger partial charge in [-0.3, -0.25) is 10.2 Å². The Morgan fingerprint density at radius 2 is 1.96 bits per heavy atom. The minimum absolute atomic E-state index is 0. The van der Waals surface area contributed by atoms with Gasteiger partial charge >= 0.3 is 0 Å². The summed E-state index contributed by atoms with van der Waals surface area (Å²) < 4.78 is 1.90. The number of hydrogen-bond donors (Lipinski definition) is 1. The molecule has 0 saturated heterocycles. The third kappa shape index (κ3) is 4.44. The molecule has 1 unspecified atom stereocenters. The Morgan fingerprint density at radius 1 is 1.32 bits per heavy atom. The average molecular weight is 443 g/mol. The summed E-state index contributed by atoms with van der Waals surface area (Å²) >= 11 is 7.42. The van der Waals surface area contributed by atoms with Gasteiger partial charge in [-0.15, -0.1) is 11.3 Å². The van der Waals surface area contributed by atoms with Gasteiger partial charge in [-0.2, -0.15) is 0 Å². The van der Waals surface area contributed by atoms with E-state index in [9.17, 15) is 4.79 Å². The number of fused-ring (bicyclic) bond motifs is 1. The van der Waals surface area contributed by atoms with Crippen molar-refractivity contribution >= 4 is 28.7 Å². The van der Waals surface area contributed by atoms with E-state index in [2.05, 4.69) is 20.8 Å². The third-order valence-corrected chi connectivity index (χ3v) is 6.28. The number of benzene rings is 1. The number of nitrogens with zero attached hydrogens (tertiary/aromatic N) is 1. The molecule has 0 amide bonds. The van der Waals surface area contributed by atoms with E-state index in [1.165, 1.54) is 21.9 Å². The van der Waals surface area contributed by atoms with Gasteiger partial charge in [-0.05, 0) is 54.9 Å². The summed E-state index contributed by atoms with van der Waals surface area (Å²) in [6, 6.07) is 6.97. The minimum atomic E-state index is 0. The molecule has 3 rings (SSSR count). The van der Waals surface area contributed by atoms with Crippen LogP contribution in [0.4, 0.5) is 0 Å². The highest BCUT2D eigenvalue weighted by atomic mass is 79.9. The van der Waals surface area contributed by atoms with Gasteiger partial charge in [-0.1, -0.05) is 32.4 Å². The van der Waals surface area contributed by atoms with Crippen molar-refractivity contribution in [1.29, 1.82) is 5.41 Å². The number of ketones is 1. The molecule has 0 spiro atoms. The lowest BCUT2D eigenvalue weighted by atomic mass is 9.73. The van der Waals surface area contributed by atoms with Crippen LogP contribution in [0.3, 0.4) is 0 Å². The summed E-state index contributed by atoms with van der Waals surface area (Å²) in [4.78, 5) is 14.3. The first-order chi connectivity index (χ1) is 11.3. The predicted octanol–water partition coefficient (Wildman–Crippen LogP) is 1.72. The fourth-order valence-electron chi connectivity index (χ4n) is 3.35. The molecule has 0 fully saturated rings. The largest absolute Gasteiger partial charge is 1.00 e. The van der Waals surface area contributed by atoms with Crippen LogP contribution in [0.5, 0.6) is 0 Å². The van der Waals surface area contributed by atoms with E-state index in [-0.39, 0.29) is 34.7 Å². The van der Waals surface area contributed by atoms with Gasteiger partial charge in [-0.25, -0.2) is 0 Å². The Bertz CT molecular complexity index is 817. The molecule has 1 atom stereocenters. The normalized spacial score (nSPS) is 16.9. The molecule has 2 aromatic rings. The summed E-state index contributed by atoms with van der Waals surface area (Å²) in [5, 5.41) is 8.91. The Labute approximate surface area is 168 Å². The maximum Gasteiger partial charge on any atom is 0.182 e. The van der Waals surface area contributed by atoms with Crippen molar-refractivity contribution in [2.75, 3.05) is 0 Å². The lowest BCUT2D eigenvalue weighted by Gasteiger charge is -2.33. The fourth-order valence-corrected chi connectivity index (χ4v) is 4.61. The molecule has 3 nitrogen and oxygen atoms in total. The number of thiazole rings is 1. The van der Waals surface area contributed by atoms with Crippen molar-refractivity contribution in [3.05, 3.63) is 50.2 Å². The summed E-state index contributed by atoms with van der Waals surface area (Å²) in [6.45, 7) is 7.11. The molecule has 0 saturated carbocycles. The van der Waals surface area contributed by atoms with Crippen LogP contribution in [-0.2, 0) is 19.4 Å². The molecule has 1 aromatic heterocycles. The van der Waals surface area contributed by atoms with E-state index in [1.807, 2.05) is 4.57 Å². The van der Waals surface area contributed by atoms with Crippen molar-refractivity contribution in [2.45, 2.75) is 46.6 Å². The topological polar surface area (TPSA) is 45.9 Å². The first-order valence-electron chi connectivity index (χ1n) is 8.30. The third-order valence-electron chi connectivity index (χ3n) is 4.97. The molecule has 25 heavy (non-hydrogen) atoms. The monoisotopic (exact) mass is 441 g/mol. The van der Waals surface area contributed by atoms with Crippen LogP contribution in [0.15, 0.2) is 24.3 Å². The van der Waals surface area contributed by atoms with Crippen LogP contribution in [0.25, 0.3) is 0 Å². The molecule has 1 aliphatic rings. The number of nitrogens with one attached hydrogen (secondary N) is 1. The van der Waals surface area contributed by atoms with Crippen LogP contribution in [-0.4, -0.2) is 10.4 Å². The maximum absolute atomic E-state index is 12.5. The van der Waals surface area contributed by atoms with Gasteiger partial charge in [0.2, 0.25) is 0 Å². The standard InChI is InChI=1S/C19H23ClN2OS.BrH/c1-19(2,3)13-6-9-15-17(10-13)24-18(21)22(15)11-16(23)12-4-7-14(20)8-5-12;/h4-5,7-8,13,21H,6,9-11H2,1-3H3;1H/p-1. The van der Waals surface area contributed by atoms with Crippen molar-refractivity contribution in [1.82, 2.24) is 4.57 Å². The Balaban J connectivity index is 0.00000225. The number of carbonyl (C=O) groups excluding carboxylic acids is 1. The van der Waals surface area contributed by atoms with E-state index in [4.69, 9.17) is 17.0 Å². The molecule has 1 aliphatic carbocycles. The van der Waals surface area contributed by atoms with Crippen LogP contribution in [0.1, 0.15) is 48.1 Å². The molecule has 1 N–H and O–H groups in total. The molecule has 136 valence electrons. The summed E-state index contributed by atoms with van der Waals surface area (Å²) in [7, 11) is 0. The van der Waals surface area contributed by atoms with E-state index in [0.29, 0.717) is 21.3 Å².